The fourth-order valence-corrected chi connectivity index (χ4v) is 2.69. The second kappa shape index (κ2) is 10.6. The van der Waals surface area contributed by atoms with Crippen LogP contribution in [0.25, 0.3) is 0 Å². The fraction of sp³-hybridized carbons (Fsp3) is 0.333. The Hall–Kier alpha value is -2.53. The van der Waals surface area contributed by atoms with E-state index in [0.717, 1.165) is 18.4 Å². The van der Waals surface area contributed by atoms with E-state index in [0.29, 0.717) is 22.9 Å². The van der Waals surface area contributed by atoms with Gasteiger partial charge in [-0.25, -0.2) is 0 Å². The van der Waals surface area contributed by atoms with Gasteiger partial charge >= 0.3 is 5.97 Å². The molecular weight excluding hydrogens is 366 g/mol. The summed E-state index contributed by atoms with van der Waals surface area (Å²) in [6.45, 7) is 4.26. The second-order valence-corrected chi connectivity index (χ2v) is 6.47. The van der Waals surface area contributed by atoms with E-state index in [1.165, 1.54) is 0 Å². The molecule has 1 atom stereocenters. The molecule has 2 aromatic rings. The third kappa shape index (κ3) is 6.61. The van der Waals surface area contributed by atoms with Crippen LogP contribution in [0.4, 0.5) is 0 Å². The number of carbonyl (C=O) groups is 2. The summed E-state index contributed by atoms with van der Waals surface area (Å²) in [7, 11) is 0. The molecule has 0 saturated heterocycles. The first kappa shape index (κ1) is 20.8. The summed E-state index contributed by atoms with van der Waals surface area (Å²) in [5, 5.41) is 3.09. The highest BCUT2D eigenvalue weighted by atomic mass is 35.5. The minimum Gasteiger partial charge on any atom is -0.494 e. The summed E-state index contributed by atoms with van der Waals surface area (Å²) < 4.78 is 10.9. The van der Waals surface area contributed by atoms with Crippen molar-refractivity contribution in [1.29, 1.82) is 0 Å². The van der Waals surface area contributed by atoms with Gasteiger partial charge in [-0.1, -0.05) is 43.1 Å². The molecule has 0 saturated carbocycles. The van der Waals surface area contributed by atoms with E-state index in [9.17, 15) is 9.59 Å². The third-order valence-corrected chi connectivity index (χ3v) is 4.27. The van der Waals surface area contributed by atoms with Crippen LogP contribution in [0.5, 0.6) is 5.75 Å². The molecule has 6 heteroatoms. The lowest BCUT2D eigenvalue weighted by Crippen LogP contribution is -2.31. The highest BCUT2D eigenvalue weighted by Gasteiger charge is 2.15. The Kier molecular flexibility index (Phi) is 8.14. The van der Waals surface area contributed by atoms with Crippen molar-refractivity contribution in [1.82, 2.24) is 5.32 Å². The van der Waals surface area contributed by atoms with Crippen LogP contribution in [0.3, 0.4) is 0 Å². The zero-order valence-electron chi connectivity index (χ0n) is 15.5. The van der Waals surface area contributed by atoms with Crippen LogP contribution in [-0.2, 0) is 9.53 Å². The minimum absolute atomic E-state index is 0.220. The SMILES string of the molecule is CCCCOc1ccc(C(=O)NCC(=O)O[C@H](C)c2ccccc2Cl)cc1. The van der Waals surface area contributed by atoms with Gasteiger partial charge in [0.1, 0.15) is 18.4 Å². The summed E-state index contributed by atoms with van der Waals surface area (Å²) in [6, 6.07) is 14.0. The van der Waals surface area contributed by atoms with Crippen LogP contribution in [0.15, 0.2) is 48.5 Å². The highest BCUT2D eigenvalue weighted by Crippen LogP contribution is 2.24. The molecule has 144 valence electrons. The first-order valence-corrected chi connectivity index (χ1v) is 9.34. The highest BCUT2D eigenvalue weighted by molar-refractivity contribution is 6.31. The monoisotopic (exact) mass is 389 g/mol. The van der Waals surface area contributed by atoms with Crippen LogP contribution in [0, 0.1) is 0 Å². The van der Waals surface area contributed by atoms with Crippen molar-refractivity contribution in [3.63, 3.8) is 0 Å². The Morgan fingerprint density at radius 1 is 1.11 bits per heavy atom. The summed E-state index contributed by atoms with van der Waals surface area (Å²) in [5.74, 6) is -0.166. The van der Waals surface area contributed by atoms with E-state index >= 15 is 0 Å². The quantitative estimate of drug-likeness (QED) is 0.504. The number of amides is 1. The van der Waals surface area contributed by atoms with Gasteiger partial charge in [-0.15, -0.1) is 0 Å². The van der Waals surface area contributed by atoms with E-state index in [1.54, 1.807) is 49.4 Å². The number of halogens is 1. The molecule has 0 aliphatic heterocycles. The lowest BCUT2D eigenvalue weighted by Gasteiger charge is -2.15. The predicted molar refractivity (Wildman–Crippen MR) is 105 cm³/mol. The smallest absolute Gasteiger partial charge is 0.326 e. The van der Waals surface area contributed by atoms with Gasteiger partial charge < -0.3 is 14.8 Å². The van der Waals surface area contributed by atoms with Crippen molar-refractivity contribution in [2.75, 3.05) is 13.2 Å². The molecule has 0 spiro atoms. The summed E-state index contributed by atoms with van der Waals surface area (Å²) in [5.41, 5.74) is 1.17. The van der Waals surface area contributed by atoms with Gasteiger partial charge in [0.05, 0.1) is 6.61 Å². The van der Waals surface area contributed by atoms with Crippen molar-refractivity contribution < 1.29 is 19.1 Å². The largest absolute Gasteiger partial charge is 0.494 e. The van der Waals surface area contributed by atoms with Crippen molar-refractivity contribution in [2.45, 2.75) is 32.8 Å². The van der Waals surface area contributed by atoms with Crippen LogP contribution in [-0.4, -0.2) is 25.0 Å². The molecule has 0 bridgehead atoms. The van der Waals surface area contributed by atoms with Gasteiger partial charge in [0.2, 0.25) is 0 Å². The molecule has 2 rings (SSSR count). The third-order valence-electron chi connectivity index (χ3n) is 3.93. The maximum absolute atomic E-state index is 12.1. The Labute approximate surface area is 164 Å². The van der Waals surface area contributed by atoms with Crippen molar-refractivity contribution >= 4 is 23.5 Å². The van der Waals surface area contributed by atoms with E-state index < -0.39 is 12.1 Å². The van der Waals surface area contributed by atoms with Gasteiger partial charge in [-0.05, 0) is 43.7 Å². The van der Waals surface area contributed by atoms with Crippen molar-refractivity contribution in [3.8, 4) is 5.75 Å². The zero-order chi connectivity index (χ0) is 19.6. The molecule has 2 aromatic carbocycles. The van der Waals surface area contributed by atoms with Crippen LogP contribution in [0.1, 0.15) is 48.7 Å². The first-order valence-electron chi connectivity index (χ1n) is 8.96. The molecule has 0 fully saturated rings. The summed E-state index contributed by atoms with van der Waals surface area (Å²) >= 11 is 6.09. The van der Waals surface area contributed by atoms with Gasteiger partial charge in [0.15, 0.2) is 0 Å². The number of benzene rings is 2. The van der Waals surface area contributed by atoms with Crippen LogP contribution in [0.2, 0.25) is 5.02 Å². The molecule has 5 nitrogen and oxygen atoms in total. The molecule has 0 aromatic heterocycles. The number of esters is 1. The second-order valence-electron chi connectivity index (χ2n) is 6.06. The Balaban J connectivity index is 1.80. The van der Waals surface area contributed by atoms with Crippen LogP contribution < -0.4 is 10.1 Å². The first-order chi connectivity index (χ1) is 13.0. The lowest BCUT2D eigenvalue weighted by atomic mass is 10.1. The summed E-state index contributed by atoms with van der Waals surface area (Å²) in [6.07, 6.45) is 1.55. The standard InChI is InChI=1S/C21H24ClNO4/c1-3-4-13-26-17-11-9-16(10-12-17)21(25)23-14-20(24)27-15(2)18-7-5-6-8-19(18)22/h5-12,15H,3-4,13-14H2,1-2H3,(H,23,25)/t15-/m1/s1. The predicted octanol–water partition coefficient (Wildman–Crippen LogP) is 4.55. The van der Waals surface area contributed by atoms with E-state index in [-0.39, 0.29) is 12.5 Å². The fourth-order valence-electron chi connectivity index (χ4n) is 2.40. The Morgan fingerprint density at radius 3 is 2.48 bits per heavy atom. The molecular formula is C21H24ClNO4. The number of ether oxygens (including phenoxy) is 2. The molecule has 0 aliphatic carbocycles. The van der Waals surface area contributed by atoms with E-state index in [4.69, 9.17) is 21.1 Å². The molecule has 1 amide bonds. The molecule has 0 heterocycles. The normalized spacial score (nSPS) is 11.5. The average Bonchev–Trinajstić information content (AvgIpc) is 2.67. The molecule has 1 N–H and O–H groups in total. The summed E-state index contributed by atoms with van der Waals surface area (Å²) in [4.78, 5) is 24.1. The molecule has 27 heavy (non-hydrogen) atoms. The number of hydrogen-bond donors (Lipinski definition) is 1. The molecule has 0 aliphatic rings. The Bertz CT molecular complexity index is 761. The molecule has 0 unspecified atom stereocenters. The van der Waals surface area contributed by atoms with E-state index in [2.05, 4.69) is 12.2 Å². The number of hydrogen-bond acceptors (Lipinski definition) is 4. The van der Waals surface area contributed by atoms with Gasteiger partial charge in [0.25, 0.3) is 5.91 Å². The minimum atomic E-state index is -0.532. The topological polar surface area (TPSA) is 64.6 Å². The van der Waals surface area contributed by atoms with Crippen molar-refractivity contribution in [3.05, 3.63) is 64.7 Å². The number of nitrogens with one attached hydrogen (secondary N) is 1. The van der Waals surface area contributed by atoms with Crippen LogP contribution >= 0.6 is 11.6 Å². The zero-order valence-corrected chi connectivity index (χ0v) is 16.3. The number of unbranched alkanes of at least 4 members (excludes halogenated alkanes) is 1. The Morgan fingerprint density at radius 2 is 1.81 bits per heavy atom. The van der Waals surface area contributed by atoms with Gasteiger partial charge in [0, 0.05) is 16.1 Å². The van der Waals surface area contributed by atoms with E-state index in [1.807, 2.05) is 6.07 Å². The average molecular weight is 390 g/mol. The lowest BCUT2D eigenvalue weighted by molar-refractivity contribution is -0.147. The van der Waals surface area contributed by atoms with Gasteiger partial charge in [-0.2, -0.15) is 0 Å². The number of carbonyl (C=O) groups excluding carboxylic acids is 2. The maximum Gasteiger partial charge on any atom is 0.326 e. The van der Waals surface area contributed by atoms with Crippen molar-refractivity contribution in [2.24, 2.45) is 0 Å². The van der Waals surface area contributed by atoms with Gasteiger partial charge in [-0.3, -0.25) is 9.59 Å². The molecule has 0 radical (unpaired) electrons. The number of rotatable bonds is 9. The maximum atomic E-state index is 12.1.